The maximum absolute atomic E-state index is 4.18. The van der Waals surface area contributed by atoms with Crippen LogP contribution in [0.1, 0.15) is 23.6 Å². The van der Waals surface area contributed by atoms with E-state index in [1.807, 2.05) is 22.1 Å². The molecule has 0 saturated heterocycles. The van der Waals surface area contributed by atoms with Gasteiger partial charge in [-0.25, -0.2) is 0 Å². The number of rotatable bonds is 2. The summed E-state index contributed by atoms with van der Waals surface area (Å²) in [5, 5.41) is 2.65. The Labute approximate surface area is 175 Å². The summed E-state index contributed by atoms with van der Waals surface area (Å²) in [6, 6.07) is 21.4. The Morgan fingerprint density at radius 1 is 0.931 bits per heavy atom. The van der Waals surface area contributed by atoms with E-state index >= 15 is 0 Å². The quantitative estimate of drug-likeness (QED) is 0.189. The van der Waals surface area contributed by atoms with Gasteiger partial charge in [-0.3, -0.25) is 4.58 Å². The molecule has 0 saturated carbocycles. The molecule has 0 radical (unpaired) electrons. The number of aryl methyl sites for hydroxylation is 2. The maximum Gasteiger partial charge on any atom is 0.159 e. The Kier molecular flexibility index (Phi) is 4.18. The van der Waals surface area contributed by atoms with E-state index in [1.54, 1.807) is 0 Å². The number of hydrogen-bond donors (Lipinski definition) is 0. The first kappa shape index (κ1) is 18.0. The molecule has 5 rings (SSSR count). The molecule has 1 aromatic heterocycles. The summed E-state index contributed by atoms with van der Waals surface area (Å²) in [4.78, 5) is 0. The molecule has 0 unspecified atom stereocenters. The van der Waals surface area contributed by atoms with Crippen molar-refractivity contribution in [2.75, 3.05) is 0 Å². The Morgan fingerprint density at radius 2 is 1.69 bits per heavy atom. The van der Waals surface area contributed by atoms with Gasteiger partial charge in [0.15, 0.2) is 4.70 Å². The molecule has 1 aliphatic heterocycles. The molecule has 4 aromatic rings. The van der Waals surface area contributed by atoms with Crippen molar-refractivity contribution in [3.63, 3.8) is 0 Å². The molecule has 29 heavy (non-hydrogen) atoms. The van der Waals surface area contributed by atoms with E-state index in [2.05, 4.69) is 94.2 Å². The highest BCUT2D eigenvalue weighted by atomic mass is 32.1. The minimum Gasteiger partial charge on any atom is -0.255 e. The van der Waals surface area contributed by atoms with Gasteiger partial charge in [-0.15, -0.1) is 18.2 Å². The molecular formula is C27H23NS. The molecule has 2 heteroatoms. The molecule has 1 nitrogen and oxygen atoms in total. The fourth-order valence-corrected chi connectivity index (χ4v) is 5.22. The first-order chi connectivity index (χ1) is 14.0. The van der Waals surface area contributed by atoms with Crippen molar-refractivity contribution < 1.29 is 4.58 Å². The molecule has 0 bridgehead atoms. The van der Waals surface area contributed by atoms with Crippen LogP contribution in [0.25, 0.3) is 31.3 Å². The molecule has 2 heterocycles. The van der Waals surface area contributed by atoms with E-state index in [1.165, 1.54) is 53.6 Å². The second-order valence-electron chi connectivity index (χ2n) is 7.90. The second kappa shape index (κ2) is 6.75. The minimum atomic E-state index is 1.15. The fourth-order valence-electron chi connectivity index (χ4n) is 3.99. The zero-order valence-corrected chi connectivity index (χ0v) is 17.8. The summed E-state index contributed by atoms with van der Waals surface area (Å²) >= 11 is 1.88. The number of thiophene rings is 1. The van der Waals surface area contributed by atoms with E-state index in [0.717, 1.165) is 6.04 Å². The topological polar surface area (TPSA) is 3.01 Å². The smallest absolute Gasteiger partial charge is 0.159 e. The lowest BCUT2D eigenvalue weighted by Crippen LogP contribution is -2.15. The summed E-state index contributed by atoms with van der Waals surface area (Å²) in [7, 11) is 0. The SMILES string of the molecule is C=[N+]1C=CC(C)=C[C-]1c1cc2c(cc1C)[s+][c-]1cc(-c3ccc(C)cc3)ccc21. The predicted molar refractivity (Wildman–Crippen MR) is 127 cm³/mol. The molecule has 0 fully saturated rings. The first-order valence-electron chi connectivity index (χ1n) is 9.87. The maximum atomic E-state index is 4.18. The monoisotopic (exact) mass is 393 g/mol. The van der Waals surface area contributed by atoms with Gasteiger partial charge in [0.05, 0.1) is 6.72 Å². The van der Waals surface area contributed by atoms with Crippen molar-refractivity contribution in [3.05, 3.63) is 101 Å². The number of nitrogens with zero attached hydrogens (tertiary/aromatic N) is 1. The van der Waals surface area contributed by atoms with Crippen LogP contribution in [0.4, 0.5) is 0 Å². The van der Waals surface area contributed by atoms with Crippen molar-refractivity contribution in [3.8, 4) is 11.1 Å². The van der Waals surface area contributed by atoms with Crippen molar-refractivity contribution >= 4 is 38.2 Å². The molecule has 142 valence electrons. The van der Waals surface area contributed by atoms with Crippen molar-refractivity contribution in [2.24, 2.45) is 0 Å². The second-order valence-corrected chi connectivity index (χ2v) is 8.99. The van der Waals surface area contributed by atoms with Crippen molar-refractivity contribution in [1.82, 2.24) is 0 Å². The summed E-state index contributed by atoms with van der Waals surface area (Å²) in [5.41, 5.74) is 7.61. The fraction of sp³-hybridized carbons (Fsp3) is 0.111. The third-order valence-electron chi connectivity index (χ3n) is 5.67. The van der Waals surface area contributed by atoms with E-state index in [9.17, 15) is 0 Å². The van der Waals surface area contributed by atoms with Gasteiger partial charge in [-0.05, 0) is 18.6 Å². The molecule has 3 aromatic carbocycles. The van der Waals surface area contributed by atoms with Gasteiger partial charge in [0, 0.05) is 0 Å². The zero-order chi connectivity index (χ0) is 20.1. The predicted octanol–water partition coefficient (Wildman–Crippen LogP) is 7.41. The van der Waals surface area contributed by atoms with Crippen LogP contribution >= 0.6 is 11.3 Å². The summed E-state index contributed by atoms with van der Waals surface area (Å²) in [6.07, 6.45) is 6.34. The van der Waals surface area contributed by atoms with Gasteiger partial charge in [-0.2, -0.15) is 0 Å². The van der Waals surface area contributed by atoms with Gasteiger partial charge in [0.25, 0.3) is 0 Å². The Balaban J connectivity index is 1.66. The highest BCUT2D eigenvalue weighted by Gasteiger charge is 2.19. The standard InChI is InChI=1S/C27H23NS/c1-17-5-7-20(8-6-17)21-9-10-22-24-16-23(25-13-18(2)11-12-28(25)4)19(3)14-26(24)29-27(22)15-21/h5-16H,4H2,1-3H3. The summed E-state index contributed by atoms with van der Waals surface area (Å²) < 4.78 is 4.64. The Morgan fingerprint density at radius 3 is 2.48 bits per heavy atom. The lowest BCUT2D eigenvalue weighted by atomic mass is 9.95. The largest absolute Gasteiger partial charge is 0.255 e. The Bertz CT molecular complexity index is 1330. The van der Waals surface area contributed by atoms with Gasteiger partial charge < -0.3 is 0 Å². The van der Waals surface area contributed by atoms with Crippen LogP contribution in [0, 0.1) is 19.9 Å². The molecule has 1 aliphatic rings. The van der Waals surface area contributed by atoms with Crippen LogP contribution in [0.2, 0.25) is 0 Å². The molecule has 0 N–H and O–H groups in total. The van der Waals surface area contributed by atoms with Crippen LogP contribution in [0.15, 0.2) is 78.5 Å². The molecule has 0 aliphatic carbocycles. The zero-order valence-electron chi connectivity index (χ0n) is 17.0. The van der Waals surface area contributed by atoms with E-state index in [-0.39, 0.29) is 0 Å². The van der Waals surface area contributed by atoms with Crippen LogP contribution in [0.5, 0.6) is 0 Å². The number of allylic oxidation sites excluding steroid dienone is 2. The highest BCUT2D eigenvalue weighted by molar-refractivity contribution is 7.25. The number of benzene rings is 3. The van der Waals surface area contributed by atoms with Crippen molar-refractivity contribution in [1.29, 1.82) is 0 Å². The van der Waals surface area contributed by atoms with Crippen LogP contribution < -0.4 is 0 Å². The average Bonchev–Trinajstić information content (AvgIpc) is 3.06. The first-order valence-corrected chi connectivity index (χ1v) is 10.7. The van der Waals surface area contributed by atoms with Gasteiger partial charge >= 0.3 is 0 Å². The van der Waals surface area contributed by atoms with Gasteiger partial charge in [0.1, 0.15) is 28.3 Å². The van der Waals surface area contributed by atoms with E-state index in [0.29, 0.717) is 0 Å². The lowest BCUT2D eigenvalue weighted by molar-refractivity contribution is -0.418. The van der Waals surface area contributed by atoms with Gasteiger partial charge in [0.2, 0.25) is 0 Å². The number of fused-ring (bicyclic) bond motifs is 3. The van der Waals surface area contributed by atoms with E-state index < -0.39 is 0 Å². The normalized spacial score (nSPS) is 14.1. The van der Waals surface area contributed by atoms with Crippen LogP contribution in [0.3, 0.4) is 0 Å². The molecule has 0 atom stereocenters. The number of hydrogen-bond acceptors (Lipinski definition) is 0. The summed E-state index contributed by atoms with van der Waals surface area (Å²) in [6.45, 7) is 10.6. The summed E-state index contributed by atoms with van der Waals surface area (Å²) in [5.74, 6) is 0. The highest BCUT2D eigenvalue weighted by Crippen LogP contribution is 2.39. The average molecular weight is 394 g/mol. The molecule has 0 spiro atoms. The van der Waals surface area contributed by atoms with Gasteiger partial charge in [-0.1, -0.05) is 94.9 Å². The van der Waals surface area contributed by atoms with Crippen molar-refractivity contribution in [2.45, 2.75) is 20.8 Å². The van der Waals surface area contributed by atoms with Crippen LogP contribution in [-0.2, 0) is 0 Å². The lowest BCUT2D eigenvalue weighted by Gasteiger charge is -2.21. The molecule has 0 amide bonds. The van der Waals surface area contributed by atoms with Crippen LogP contribution in [-0.4, -0.2) is 11.3 Å². The Hall–Kier alpha value is -3.10. The van der Waals surface area contributed by atoms with E-state index in [4.69, 9.17) is 0 Å². The minimum absolute atomic E-state index is 1.15. The molecular weight excluding hydrogens is 370 g/mol. The third-order valence-corrected chi connectivity index (χ3v) is 6.79. The third kappa shape index (κ3) is 3.10.